The number of hydrogen-bond acceptors (Lipinski definition) is 11. The van der Waals surface area contributed by atoms with Gasteiger partial charge in [0.25, 0.3) is 5.91 Å². The summed E-state index contributed by atoms with van der Waals surface area (Å²) >= 11 is 0. The third-order valence-electron chi connectivity index (χ3n) is 7.48. The first kappa shape index (κ1) is 42.6. The van der Waals surface area contributed by atoms with Crippen LogP contribution < -0.4 is 16.0 Å². The first-order valence-corrected chi connectivity index (χ1v) is 17.2. The third-order valence-corrected chi connectivity index (χ3v) is 7.48. The Bertz CT molecular complexity index is 1050. The molecule has 1 heterocycles. The second-order valence-electron chi connectivity index (χ2n) is 13.3. The molecule has 1 rings (SSSR count). The first-order chi connectivity index (χ1) is 22.5. The molecule has 1 fully saturated rings. The van der Waals surface area contributed by atoms with Crippen LogP contribution in [-0.2, 0) is 47.7 Å². The van der Waals surface area contributed by atoms with Gasteiger partial charge in [-0.05, 0) is 33.6 Å². The fourth-order valence-electron chi connectivity index (χ4n) is 5.45. The molecular formula is C34H59N3O11. The quantitative estimate of drug-likeness (QED) is 0.0716. The van der Waals surface area contributed by atoms with E-state index in [1.54, 1.807) is 20.8 Å². The fraction of sp³-hybridized carbons (Fsp3) is 0.824. The normalized spacial score (nSPS) is 21.3. The maximum atomic E-state index is 13.9. The standard InChI is InChI=1S/C34H59N3O11/c1-9-10-11-12-13-14-15-16-17-18-19-20-27(37-33(43)48-34(6,7)8)36-32(42)31-28(35-22(2)38)30(46-25(5)41)29(45-24(4)40)26(47-31)21-44-23(3)39/h26-31H,9-21H2,1-8H3,(H,35,38)(H,36,42)(H,37,43)/t26-,27-,28+,29-,30-,31-/m1/s1. The van der Waals surface area contributed by atoms with E-state index in [4.69, 9.17) is 23.7 Å². The van der Waals surface area contributed by atoms with Crippen LogP contribution in [0.3, 0.4) is 0 Å². The molecule has 1 saturated heterocycles. The molecule has 1 aliphatic rings. The zero-order valence-corrected chi connectivity index (χ0v) is 30.1. The van der Waals surface area contributed by atoms with Gasteiger partial charge in [0.2, 0.25) is 5.91 Å². The number of unbranched alkanes of at least 4 members (excludes halogenated alkanes) is 10. The number of amides is 3. The lowest BCUT2D eigenvalue weighted by Gasteiger charge is -2.44. The number of rotatable bonds is 20. The van der Waals surface area contributed by atoms with Crippen LogP contribution in [-0.4, -0.2) is 84.6 Å². The van der Waals surface area contributed by atoms with Crippen LogP contribution in [0, 0.1) is 0 Å². The summed E-state index contributed by atoms with van der Waals surface area (Å²) in [6.07, 6.45) is 5.68. The molecule has 1 aliphatic heterocycles. The molecule has 0 radical (unpaired) electrons. The second kappa shape index (κ2) is 22.3. The molecule has 0 spiro atoms. The number of esters is 3. The molecule has 14 heteroatoms. The molecule has 0 saturated carbocycles. The highest BCUT2D eigenvalue weighted by Gasteiger charge is 2.53. The van der Waals surface area contributed by atoms with Crippen LogP contribution in [0.25, 0.3) is 0 Å². The monoisotopic (exact) mass is 685 g/mol. The van der Waals surface area contributed by atoms with Gasteiger partial charge < -0.3 is 39.6 Å². The second-order valence-corrected chi connectivity index (χ2v) is 13.3. The van der Waals surface area contributed by atoms with Gasteiger partial charge in [0.15, 0.2) is 18.3 Å². The Balaban J connectivity index is 3.14. The molecule has 0 bridgehead atoms. The van der Waals surface area contributed by atoms with Gasteiger partial charge in [0.05, 0.1) is 0 Å². The van der Waals surface area contributed by atoms with Crippen molar-refractivity contribution < 1.29 is 52.5 Å². The number of nitrogens with one attached hydrogen (secondary N) is 3. The molecule has 0 aromatic rings. The van der Waals surface area contributed by atoms with E-state index in [-0.39, 0.29) is 0 Å². The molecule has 0 unspecified atom stereocenters. The van der Waals surface area contributed by atoms with Gasteiger partial charge in [0, 0.05) is 27.7 Å². The Morgan fingerprint density at radius 2 is 1.23 bits per heavy atom. The van der Waals surface area contributed by atoms with Crippen molar-refractivity contribution in [3.8, 4) is 0 Å². The summed E-state index contributed by atoms with van der Waals surface area (Å²) in [4.78, 5) is 74.7. The Labute approximate surface area is 285 Å². The molecule has 3 amide bonds. The van der Waals surface area contributed by atoms with Crippen LogP contribution in [0.15, 0.2) is 0 Å². The third kappa shape index (κ3) is 18.2. The summed E-state index contributed by atoms with van der Waals surface area (Å²) in [5.41, 5.74) is -0.787. The van der Waals surface area contributed by atoms with Crippen molar-refractivity contribution in [2.24, 2.45) is 0 Å². The SMILES string of the molecule is CCCCCCCCCCCCC[C@@H](NC(=O)OC(C)(C)C)NC(=O)[C@@H]1O[C@H](COC(C)=O)[C@@H](OC(C)=O)[C@H](OC(C)=O)[C@@H]1NC(C)=O. The van der Waals surface area contributed by atoms with Crippen molar-refractivity contribution in [3.63, 3.8) is 0 Å². The molecule has 14 nitrogen and oxygen atoms in total. The van der Waals surface area contributed by atoms with E-state index in [0.29, 0.717) is 12.8 Å². The van der Waals surface area contributed by atoms with Crippen LogP contribution >= 0.6 is 0 Å². The van der Waals surface area contributed by atoms with E-state index in [1.807, 2.05) is 0 Å². The summed E-state index contributed by atoms with van der Waals surface area (Å²) in [7, 11) is 0. The van der Waals surface area contributed by atoms with Gasteiger partial charge in [-0.1, -0.05) is 71.1 Å². The van der Waals surface area contributed by atoms with Gasteiger partial charge in [-0.3, -0.25) is 24.0 Å². The summed E-state index contributed by atoms with van der Waals surface area (Å²) in [5.74, 6) is -3.54. The molecule has 0 aromatic heterocycles. The number of carbonyl (C=O) groups excluding carboxylic acids is 6. The lowest BCUT2D eigenvalue weighted by atomic mass is 9.91. The summed E-state index contributed by atoms with van der Waals surface area (Å²) < 4.78 is 27.4. The van der Waals surface area contributed by atoms with Gasteiger partial charge in [-0.15, -0.1) is 0 Å². The van der Waals surface area contributed by atoms with E-state index in [9.17, 15) is 28.8 Å². The van der Waals surface area contributed by atoms with Gasteiger partial charge in [-0.25, -0.2) is 4.79 Å². The minimum absolute atomic E-state index is 0.375. The highest BCUT2D eigenvalue weighted by atomic mass is 16.6. The van der Waals surface area contributed by atoms with Crippen molar-refractivity contribution in [1.29, 1.82) is 0 Å². The van der Waals surface area contributed by atoms with Crippen LogP contribution in [0.5, 0.6) is 0 Å². The van der Waals surface area contributed by atoms with Crippen molar-refractivity contribution >= 4 is 35.8 Å². The Kier molecular flexibility index (Phi) is 19.8. The molecule has 0 aliphatic carbocycles. The van der Waals surface area contributed by atoms with Gasteiger partial charge >= 0.3 is 24.0 Å². The molecule has 3 N–H and O–H groups in total. The summed E-state index contributed by atoms with van der Waals surface area (Å²) in [6.45, 7) is 11.5. The predicted molar refractivity (Wildman–Crippen MR) is 176 cm³/mol. The highest BCUT2D eigenvalue weighted by Crippen LogP contribution is 2.28. The fourth-order valence-corrected chi connectivity index (χ4v) is 5.45. The Morgan fingerprint density at radius 1 is 0.708 bits per heavy atom. The van der Waals surface area contributed by atoms with E-state index in [1.165, 1.54) is 58.8 Å². The minimum atomic E-state index is -1.51. The van der Waals surface area contributed by atoms with Crippen molar-refractivity contribution in [3.05, 3.63) is 0 Å². The van der Waals surface area contributed by atoms with Crippen LogP contribution in [0.4, 0.5) is 4.79 Å². The molecule has 276 valence electrons. The zero-order valence-electron chi connectivity index (χ0n) is 30.1. The highest BCUT2D eigenvalue weighted by molar-refractivity contribution is 5.84. The number of ether oxygens (including phenoxy) is 5. The molecular weight excluding hydrogens is 626 g/mol. The lowest BCUT2D eigenvalue weighted by Crippen LogP contribution is -2.69. The number of carbonyl (C=O) groups is 6. The minimum Gasteiger partial charge on any atom is -0.463 e. The van der Waals surface area contributed by atoms with Crippen molar-refractivity contribution in [1.82, 2.24) is 16.0 Å². The van der Waals surface area contributed by atoms with E-state index in [2.05, 4.69) is 22.9 Å². The number of hydrogen-bond donors (Lipinski definition) is 3. The first-order valence-electron chi connectivity index (χ1n) is 17.2. The summed E-state index contributed by atoms with van der Waals surface area (Å²) in [5, 5.41) is 8.06. The maximum Gasteiger partial charge on any atom is 0.409 e. The maximum absolute atomic E-state index is 13.9. The smallest absolute Gasteiger partial charge is 0.409 e. The lowest BCUT2D eigenvalue weighted by molar-refractivity contribution is -0.222. The average Bonchev–Trinajstić information content (AvgIpc) is 2.95. The van der Waals surface area contributed by atoms with Crippen LogP contribution in [0.2, 0.25) is 0 Å². The van der Waals surface area contributed by atoms with E-state index in [0.717, 1.165) is 33.1 Å². The Hall–Kier alpha value is -3.42. The van der Waals surface area contributed by atoms with E-state index < -0.39 is 84.6 Å². The number of alkyl carbamates (subject to hydrolysis) is 1. The Morgan fingerprint density at radius 3 is 1.71 bits per heavy atom. The average molecular weight is 686 g/mol. The summed E-state index contributed by atoms with van der Waals surface area (Å²) in [6, 6.07) is -1.31. The topological polar surface area (TPSA) is 185 Å². The van der Waals surface area contributed by atoms with Gasteiger partial charge in [0.1, 0.15) is 30.5 Å². The zero-order chi connectivity index (χ0) is 36.3. The largest absolute Gasteiger partial charge is 0.463 e. The van der Waals surface area contributed by atoms with E-state index >= 15 is 0 Å². The molecule has 48 heavy (non-hydrogen) atoms. The van der Waals surface area contributed by atoms with Crippen molar-refractivity contribution in [2.45, 2.75) is 175 Å². The molecule has 6 atom stereocenters. The van der Waals surface area contributed by atoms with Crippen LogP contribution in [0.1, 0.15) is 132 Å². The van der Waals surface area contributed by atoms with Gasteiger partial charge in [-0.2, -0.15) is 0 Å². The molecule has 0 aromatic carbocycles. The van der Waals surface area contributed by atoms with Crippen molar-refractivity contribution in [2.75, 3.05) is 6.61 Å². The predicted octanol–water partition coefficient (Wildman–Crippen LogP) is 4.35.